The molecule has 4 nitrogen and oxygen atoms in total. The number of nitro benzene ring substituents is 1. The topological polar surface area (TPSA) is 55.2 Å². The van der Waals surface area contributed by atoms with E-state index in [1.54, 1.807) is 0 Å². The van der Waals surface area contributed by atoms with Gasteiger partial charge in [-0.1, -0.05) is 30.3 Å². The molecule has 1 fully saturated rings. The van der Waals surface area contributed by atoms with Crippen LogP contribution in [0.2, 0.25) is 0 Å². The molecule has 1 N–H and O–H groups in total. The third-order valence-corrected chi connectivity index (χ3v) is 3.66. The number of anilines is 1. The van der Waals surface area contributed by atoms with Crippen LogP contribution >= 0.6 is 0 Å². The van der Waals surface area contributed by atoms with Gasteiger partial charge in [0.1, 0.15) is 5.69 Å². The summed E-state index contributed by atoms with van der Waals surface area (Å²) >= 11 is 0. The van der Waals surface area contributed by atoms with Crippen molar-refractivity contribution in [3.8, 4) is 0 Å². The van der Waals surface area contributed by atoms with Crippen molar-refractivity contribution in [3.05, 3.63) is 69.5 Å². The van der Waals surface area contributed by atoms with Gasteiger partial charge in [0.05, 0.1) is 4.92 Å². The van der Waals surface area contributed by atoms with Crippen LogP contribution in [0.1, 0.15) is 29.9 Å². The van der Waals surface area contributed by atoms with Gasteiger partial charge in [-0.15, -0.1) is 0 Å². The summed E-state index contributed by atoms with van der Waals surface area (Å²) < 4.78 is 13.8. The van der Waals surface area contributed by atoms with Gasteiger partial charge < -0.3 is 5.32 Å². The monoisotopic (exact) mass is 286 g/mol. The highest BCUT2D eigenvalue weighted by Crippen LogP contribution is 2.40. The molecule has 2 aromatic rings. The molecule has 0 aromatic heterocycles. The number of para-hydroxylation sites is 1. The van der Waals surface area contributed by atoms with E-state index in [0.717, 1.165) is 5.56 Å². The van der Waals surface area contributed by atoms with Crippen molar-refractivity contribution in [1.29, 1.82) is 0 Å². The van der Waals surface area contributed by atoms with Crippen molar-refractivity contribution in [2.75, 3.05) is 5.32 Å². The number of benzene rings is 2. The first-order valence-electron chi connectivity index (χ1n) is 6.91. The minimum Gasteiger partial charge on any atom is -0.373 e. The summed E-state index contributed by atoms with van der Waals surface area (Å²) in [7, 11) is 0. The first-order chi connectivity index (χ1) is 10.1. The van der Waals surface area contributed by atoms with E-state index in [0.29, 0.717) is 12.5 Å². The minimum atomic E-state index is -0.609. The first-order valence-corrected chi connectivity index (χ1v) is 6.91. The molecule has 21 heavy (non-hydrogen) atoms. The quantitative estimate of drug-likeness (QED) is 0.661. The lowest BCUT2D eigenvalue weighted by molar-refractivity contribution is -0.384. The molecule has 3 rings (SSSR count). The van der Waals surface area contributed by atoms with Gasteiger partial charge in [-0.05, 0) is 36.0 Å². The highest BCUT2D eigenvalue weighted by Gasteiger charge is 2.23. The third kappa shape index (κ3) is 3.02. The molecule has 0 amide bonds. The predicted molar refractivity (Wildman–Crippen MR) is 78.8 cm³/mol. The summed E-state index contributed by atoms with van der Waals surface area (Å²) in [5, 5.41) is 13.8. The maximum atomic E-state index is 13.8. The second kappa shape index (κ2) is 5.52. The molecule has 0 aliphatic heterocycles. The largest absolute Gasteiger partial charge is 0.373 e. The van der Waals surface area contributed by atoms with E-state index in [2.05, 4.69) is 17.4 Å². The molecule has 0 saturated heterocycles. The zero-order valence-corrected chi connectivity index (χ0v) is 11.4. The van der Waals surface area contributed by atoms with Crippen molar-refractivity contribution in [1.82, 2.24) is 0 Å². The van der Waals surface area contributed by atoms with E-state index in [4.69, 9.17) is 0 Å². The maximum Gasteiger partial charge on any atom is 0.295 e. The predicted octanol–water partition coefficient (Wildman–Crippen LogP) is 4.22. The fourth-order valence-corrected chi connectivity index (χ4v) is 2.40. The molecule has 5 heteroatoms. The van der Waals surface area contributed by atoms with Crippen LogP contribution in [0, 0.1) is 15.9 Å². The average Bonchev–Trinajstić information content (AvgIpc) is 3.30. The van der Waals surface area contributed by atoms with Crippen molar-refractivity contribution in [2.45, 2.75) is 25.3 Å². The summed E-state index contributed by atoms with van der Waals surface area (Å²) in [4.78, 5) is 10.4. The third-order valence-electron chi connectivity index (χ3n) is 3.66. The number of nitrogens with one attached hydrogen (secondary N) is 1. The number of hydrogen-bond donors (Lipinski definition) is 1. The molecule has 1 aliphatic carbocycles. The zero-order chi connectivity index (χ0) is 14.8. The highest BCUT2D eigenvalue weighted by molar-refractivity contribution is 5.62. The zero-order valence-electron chi connectivity index (χ0n) is 11.4. The number of nitrogens with zero attached hydrogens (tertiary/aromatic N) is 1. The molecule has 0 radical (unpaired) electrons. The fraction of sp³-hybridized carbons (Fsp3) is 0.250. The van der Waals surface area contributed by atoms with Crippen LogP contribution in [-0.4, -0.2) is 4.92 Å². The number of halogens is 1. The van der Waals surface area contributed by atoms with Crippen LogP contribution < -0.4 is 5.32 Å². The molecule has 0 heterocycles. The van der Waals surface area contributed by atoms with Gasteiger partial charge in [0, 0.05) is 12.6 Å². The molecule has 0 spiro atoms. The lowest BCUT2D eigenvalue weighted by Crippen LogP contribution is -2.05. The van der Waals surface area contributed by atoms with E-state index >= 15 is 0 Å². The van der Waals surface area contributed by atoms with E-state index in [1.165, 1.54) is 36.6 Å². The SMILES string of the molecule is O=[N+]([O-])c1cccc(F)c1NCc1cccc(C2CC2)c1. The van der Waals surface area contributed by atoms with Crippen LogP contribution in [0.5, 0.6) is 0 Å². The average molecular weight is 286 g/mol. The van der Waals surface area contributed by atoms with Crippen LogP contribution in [0.4, 0.5) is 15.8 Å². The molecular formula is C16H15FN2O2. The first kappa shape index (κ1) is 13.5. The molecule has 0 atom stereocenters. The number of rotatable bonds is 5. The number of hydrogen-bond acceptors (Lipinski definition) is 3. The second-order valence-corrected chi connectivity index (χ2v) is 5.26. The van der Waals surface area contributed by atoms with Gasteiger partial charge in [-0.2, -0.15) is 0 Å². The van der Waals surface area contributed by atoms with Gasteiger partial charge in [0.2, 0.25) is 0 Å². The molecular weight excluding hydrogens is 271 g/mol. The van der Waals surface area contributed by atoms with Crippen LogP contribution in [0.15, 0.2) is 42.5 Å². The number of nitro groups is 1. The normalized spacial score (nSPS) is 14.0. The molecule has 108 valence electrons. The Labute approximate surface area is 121 Å². The summed E-state index contributed by atoms with van der Waals surface area (Å²) in [6.45, 7) is 0.363. The van der Waals surface area contributed by atoms with Gasteiger partial charge in [-0.25, -0.2) is 4.39 Å². The second-order valence-electron chi connectivity index (χ2n) is 5.26. The Morgan fingerprint density at radius 3 is 2.71 bits per heavy atom. The van der Waals surface area contributed by atoms with Gasteiger partial charge in [0.15, 0.2) is 5.82 Å². The van der Waals surface area contributed by atoms with Crippen molar-refractivity contribution in [2.24, 2.45) is 0 Å². The van der Waals surface area contributed by atoms with E-state index < -0.39 is 10.7 Å². The van der Waals surface area contributed by atoms with Gasteiger partial charge >= 0.3 is 0 Å². The van der Waals surface area contributed by atoms with Gasteiger partial charge in [0.25, 0.3) is 5.69 Å². The Hall–Kier alpha value is -2.43. The van der Waals surface area contributed by atoms with E-state index in [1.807, 2.05) is 12.1 Å². The Kier molecular flexibility index (Phi) is 3.56. The Morgan fingerprint density at radius 1 is 1.24 bits per heavy atom. The Bertz CT molecular complexity index is 684. The smallest absolute Gasteiger partial charge is 0.295 e. The minimum absolute atomic E-state index is 0.0562. The summed E-state index contributed by atoms with van der Waals surface area (Å²) in [5.41, 5.74) is 1.99. The Morgan fingerprint density at radius 2 is 2.00 bits per heavy atom. The fourth-order valence-electron chi connectivity index (χ4n) is 2.40. The maximum absolute atomic E-state index is 13.8. The van der Waals surface area contributed by atoms with E-state index in [9.17, 15) is 14.5 Å². The van der Waals surface area contributed by atoms with Crippen molar-refractivity contribution >= 4 is 11.4 Å². The summed E-state index contributed by atoms with van der Waals surface area (Å²) in [5.74, 6) is 0.0373. The van der Waals surface area contributed by atoms with Gasteiger partial charge in [-0.3, -0.25) is 10.1 Å². The Balaban J connectivity index is 1.78. The van der Waals surface area contributed by atoms with Crippen LogP contribution in [0.25, 0.3) is 0 Å². The van der Waals surface area contributed by atoms with Crippen LogP contribution in [0.3, 0.4) is 0 Å². The van der Waals surface area contributed by atoms with Crippen LogP contribution in [-0.2, 0) is 6.54 Å². The molecule has 2 aromatic carbocycles. The van der Waals surface area contributed by atoms with E-state index in [-0.39, 0.29) is 11.4 Å². The summed E-state index contributed by atoms with van der Waals surface area (Å²) in [6, 6.07) is 11.9. The molecule has 0 bridgehead atoms. The molecule has 1 aliphatic rings. The lowest BCUT2D eigenvalue weighted by Gasteiger charge is -2.09. The highest BCUT2D eigenvalue weighted by atomic mass is 19.1. The molecule has 1 saturated carbocycles. The standard InChI is InChI=1S/C16H15FN2O2/c17-14-5-2-6-15(19(20)21)16(14)18-10-11-3-1-4-13(9-11)12-7-8-12/h1-6,9,12,18H,7-8,10H2. The van der Waals surface area contributed by atoms with Crippen molar-refractivity contribution < 1.29 is 9.31 Å². The van der Waals surface area contributed by atoms with Crippen molar-refractivity contribution in [3.63, 3.8) is 0 Å². The lowest BCUT2D eigenvalue weighted by atomic mass is 10.1. The molecule has 0 unspecified atom stereocenters. The summed E-state index contributed by atoms with van der Waals surface area (Å²) in [6.07, 6.45) is 2.44.